The molecule has 6 heteroatoms. The van der Waals surface area contributed by atoms with Gasteiger partial charge in [-0.25, -0.2) is 4.98 Å². The van der Waals surface area contributed by atoms with Crippen molar-refractivity contribution in [3.05, 3.63) is 43.0 Å². The van der Waals surface area contributed by atoms with Crippen molar-refractivity contribution in [1.82, 2.24) is 9.97 Å². The van der Waals surface area contributed by atoms with Gasteiger partial charge in [0.05, 0.1) is 6.33 Å². The molecule has 0 amide bonds. The Bertz CT molecular complexity index is 607. The van der Waals surface area contributed by atoms with Crippen LogP contribution in [0, 0.1) is 0 Å². The Morgan fingerprint density at radius 3 is 3.29 bits per heavy atom. The maximum Gasteiger partial charge on any atom is 0.267 e. The fraction of sp³-hybridized carbons (Fsp3) is 0.273. The van der Waals surface area contributed by atoms with Crippen molar-refractivity contribution in [2.45, 2.75) is 13.0 Å². The van der Waals surface area contributed by atoms with Crippen LogP contribution in [0.5, 0.6) is 0 Å². The van der Waals surface area contributed by atoms with Gasteiger partial charge in [-0.05, 0) is 39.4 Å². The molecule has 0 spiro atoms. The fourth-order valence-corrected chi connectivity index (χ4v) is 3.38. The lowest BCUT2D eigenvalue weighted by Crippen LogP contribution is -2.31. The van der Waals surface area contributed by atoms with E-state index < -0.39 is 0 Å². The molecule has 1 aliphatic rings. The van der Waals surface area contributed by atoms with Crippen molar-refractivity contribution >= 4 is 33.1 Å². The topological polar surface area (TPSA) is 49.0 Å². The van der Waals surface area contributed by atoms with E-state index in [4.69, 9.17) is 0 Å². The summed E-state index contributed by atoms with van der Waals surface area (Å²) in [4.78, 5) is 21.9. The van der Waals surface area contributed by atoms with E-state index in [-0.39, 0.29) is 5.56 Å². The molecule has 1 aliphatic heterocycles. The predicted molar refractivity (Wildman–Crippen MR) is 71.6 cm³/mol. The van der Waals surface area contributed by atoms with Crippen LogP contribution in [0.3, 0.4) is 0 Å². The van der Waals surface area contributed by atoms with Crippen molar-refractivity contribution in [2.75, 3.05) is 11.4 Å². The van der Waals surface area contributed by atoms with E-state index in [2.05, 4.69) is 42.2 Å². The van der Waals surface area contributed by atoms with Crippen molar-refractivity contribution in [2.24, 2.45) is 0 Å². The van der Waals surface area contributed by atoms with E-state index in [0.717, 1.165) is 25.3 Å². The highest BCUT2D eigenvalue weighted by Crippen LogP contribution is 2.28. The Kier molecular flexibility index (Phi) is 2.76. The Balaban J connectivity index is 1.97. The molecular weight excluding hydrogens is 302 g/mol. The number of fused-ring (bicyclic) bond motifs is 1. The lowest BCUT2D eigenvalue weighted by molar-refractivity contribution is 0.726. The van der Waals surface area contributed by atoms with Crippen LogP contribution in [0.15, 0.2) is 27.0 Å². The van der Waals surface area contributed by atoms with Gasteiger partial charge in [-0.15, -0.1) is 11.3 Å². The minimum Gasteiger partial charge on any atom is -0.351 e. The van der Waals surface area contributed by atoms with E-state index in [1.807, 2.05) is 0 Å². The van der Waals surface area contributed by atoms with Crippen molar-refractivity contribution in [3.8, 4) is 0 Å². The zero-order valence-electron chi connectivity index (χ0n) is 8.94. The summed E-state index contributed by atoms with van der Waals surface area (Å²) in [6.07, 6.45) is 2.47. The summed E-state index contributed by atoms with van der Waals surface area (Å²) in [6, 6.07) is 2.15. The largest absolute Gasteiger partial charge is 0.351 e. The van der Waals surface area contributed by atoms with Gasteiger partial charge in [0.25, 0.3) is 5.56 Å². The van der Waals surface area contributed by atoms with E-state index in [0.29, 0.717) is 4.47 Å². The molecule has 0 saturated carbocycles. The maximum absolute atomic E-state index is 11.5. The van der Waals surface area contributed by atoms with Gasteiger partial charge >= 0.3 is 0 Å². The first-order valence-corrected chi connectivity index (χ1v) is 6.96. The zero-order valence-corrected chi connectivity index (χ0v) is 11.3. The van der Waals surface area contributed by atoms with Crippen LogP contribution in [-0.2, 0) is 13.0 Å². The molecule has 0 radical (unpaired) electrons. The van der Waals surface area contributed by atoms with Gasteiger partial charge in [0.15, 0.2) is 5.82 Å². The first-order valence-electron chi connectivity index (χ1n) is 5.29. The second-order valence-electron chi connectivity index (χ2n) is 3.91. The summed E-state index contributed by atoms with van der Waals surface area (Å²) in [6.45, 7) is 1.73. The van der Waals surface area contributed by atoms with E-state index >= 15 is 0 Å². The van der Waals surface area contributed by atoms with Crippen LogP contribution in [0.25, 0.3) is 0 Å². The molecule has 88 valence electrons. The molecule has 0 saturated heterocycles. The summed E-state index contributed by atoms with van der Waals surface area (Å²) in [5.41, 5.74) is 1.21. The molecule has 4 nitrogen and oxygen atoms in total. The van der Waals surface area contributed by atoms with Crippen LogP contribution in [0.4, 0.5) is 5.82 Å². The van der Waals surface area contributed by atoms with Crippen LogP contribution < -0.4 is 10.5 Å². The molecule has 0 unspecified atom stereocenters. The average molecular weight is 312 g/mol. The number of nitrogens with one attached hydrogen (secondary N) is 1. The molecule has 3 heterocycles. The third-order valence-electron chi connectivity index (χ3n) is 2.89. The van der Waals surface area contributed by atoms with Gasteiger partial charge < -0.3 is 9.88 Å². The zero-order chi connectivity index (χ0) is 11.8. The molecule has 17 heavy (non-hydrogen) atoms. The number of aromatic nitrogens is 2. The molecular formula is C11H10BrN3OS. The third-order valence-corrected chi connectivity index (χ3v) is 4.62. The van der Waals surface area contributed by atoms with Gasteiger partial charge in [0, 0.05) is 18.0 Å². The normalized spacial score (nSPS) is 14.8. The van der Waals surface area contributed by atoms with Gasteiger partial charge in [-0.2, -0.15) is 0 Å². The number of H-pyrrole nitrogens is 1. The Morgan fingerprint density at radius 2 is 2.41 bits per heavy atom. The van der Waals surface area contributed by atoms with Gasteiger partial charge in [-0.1, -0.05) is 0 Å². The quantitative estimate of drug-likeness (QED) is 0.878. The van der Waals surface area contributed by atoms with Crippen molar-refractivity contribution in [1.29, 1.82) is 0 Å². The fourth-order valence-electron chi connectivity index (χ4n) is 2.02. The van der Waals surface area contributed by atoms with Crippen molar-refractivity contribution < 1.29 is 0 Å². The molecule has 3 rings (SSSR count). The standard InChI is InChI=1S/C11H10BrN3OS/c12-9-10(13-6-14-11(9)16)15-3-1-8-7(5-15)2-4-17-8/h2,4,6H,1,3,5H2,(H,13,14,16). The third kappa shape index (κ3) is 1.91. The average Bonchev–Trinajstić information content (AvgIpc) is 2.79. The highest BCUT2D eigenvalue weighted by atomic mass is 79.9. The molecule has 2 aromatic heterocycles. The lowest BCUT2D eigenvalue weighted by atomic mass is 10.1. The first kappa shape index (κ1) is 11.0. The SMILES string of the molecule is O=c1[nH]cnc(N2CCc3sccc3C2)c1Br. The number of anilines is 1. The highest BCUT2D eigenvalue weighted by molar-refractivity contribution is 9.10. The molecule has 0 atom stereocenters. The molecule has 0 bridgehead atoms. The van der Waals surface area contributed by atoms with E-state index in [1.54, 1.807) is 11.3 Å². The molecule has 0 aliphatic carbocycles. The van der Waals surface area contributed by atoms with E-state index in [9.17, 15) is 4.79 Å². The smallest absolute Gasteiger partial charge is 0.267 e. The number of nitrogens with zero attached hydrogens (tertiary/aromatic N) is 2. The van der Waals surface area contributed by atoms with Crippen LogP contribution in [0.2, 0.25) is 0 Å². The summed E-state index contributed by atoms with van der Waals surface area (Å²) < 4.78 is 0.513. The molecule has 2 aromatic rings. The number of aromatic amines is 1. The number of hydrogen-bond donors (Lipinski definition) is 1. The van der Waals surface area contributed by atoms with Gasteiger partial charge in [0.2, 0.25) is 0 Å². The van der Waals surface area contributed by atoms with Crippen molar-refractivity contribution in [3.63, 3.8) is 0 Å². The number of thiophene rings is 1. The minimum atomic E-state index is -0.133. The summed E-state index contributed by atoms with van der Waals surface area (Å²) in [5, 5.41) is 2.12. The predicted octanol–water partition coefficient (Wildman–Crippen LogP) is 2.16. The number of hydrogen-bond acceptors (Lipinski definition) is 4. The Hall–Kier alpha value is -1.14. The monoisotopic (exact) mass is 311 g/mol. The van der Waals surface area contributed by atoms with Gasteiger partial charge in [0.1, 0.15) is 4.47 Å². The molecule has 0 aromatic carbocycles. The Morgan fingerprint density at radius 1 is 1.53 bits per heavy atom. The minimum absolute atomic E-state index is 0.133. The summed E-state index contributed by atoms with van der Waals surface area (Å²) >= 11 is 5.10. The van der Waals surface area contributed by atoms with E-state index in [1.165, 1.54) is 16.8 Å². The summed E-state index contributed by atoms with van der Waals surface area (Å²) in [5.74, 6) is 0.727. The highest BCUT2D eigenvalue weighted by Gasteiger charge is 2.20. The molecule has 1 N–H and O–H groups in total. The number of halogens is 1. The molecule has 0 fully saturated rings. The Labute approximate surface area is 110 Å². The number of rotatable bonds is 1. The first-order chi connectivity index (χ1) is 8.25. The second kappa shape index (κ2) is 4.27. The second-order valence-corrected chi connectivity index (χ2v) is 5.70. The van der Waals surface area contributed by atoms with Gasteiger partial charge in [-0.3, -0.25) is 4.79 Å². The summed E-state index contributed by atoms with van der Waals surface area (Å²) in [7, 11) is 0. The van der Waals surface area contributed by atoms with Crippen LogP contribution in [-0.4, -0.2) is 16.5 Å². The van der Waals surface area contributed by atoms with Crippen LogP contribution >= 0.6 is 27.3 Å². The lowest BCUT2D eigenvalue weighted by Gasteiger charge is -2.28. The maximum atomic E-state index is 11.5. The van der Waals surface area contributed by atoms with Crippen LogP contribution in [0.1, 0.15) is 10.4 Å².